The quantitative estimate of drug-likeness (QED) is 0.708. The molecule has 1 heterocycles. The van der Waals surface area contributed by atoms with Crippen LogP contribution in [0.3, 0.4) is 0 Å². The van der Waals surface area contributed by atoms with Crippen LogP contribution in [0.2, 0.25) is 0 Å². The molecule has 0 bridgehead atoms. The molecule has 4 nitrogen and oxygen atoms in total. The highest BCUT2D eigenvalue weighted by Crippen LogP contribution is 2.25. The van der Waals surface area contributed by atoms with E-state index in [0.29, 0.717) is 6.42 Å². The van der Waals surface area contributed by atoms with Gasteiger partial charge < -0.3 is 5.11 Å². The number of imide groups is 1. The minimum atomic E-state index is -0.366. The van der Waals surface area contributed by atoms with Gasteiger partial charge in [-0.2, -0.15) is 0 Å². The fraction of sp³-hybridized carbons (Fsp3) is 0.692. The molecule has 4 heteroatoms. The second kappa shape index (κ2) is 6.55. The molecule has 2 amide bonds. The van der Waals surface area contributed by atoms with Crippen molar-refractivity contribution in [1.82, 2.24) is 4.90 Å². The molecule has 1 fully saturated rings. The molecule has 0 aromatic carbocycles. The van der Waals surface area contributed by atoms with Crippen LogP contribution in [0.15, 0.2) is 12.2 Å². The summed E-state index contributed by atoms with van der Waals surface area (Å²) in [5, 5.41) is 9.44. The molecular weight excluding hydrogens is 218 g/mol. The topological polar surface area (TPSA) is 57.6 Å². The van der Waals surface area contributed by atoms with Gasteiger partial charge in [-0.1, -0.05) is 20.3 Å². The third kappa shape index (κ3) is 3.66. The minimum absolute atomic E-state index is 0.103. The predicted molar refractivity (Wildman–Crippen MR) is 65.2 cm³/mol. The van der Waals surface area contributed by atoms with Crippen LogP contribution in [0.1, 0.15) is 46.0 Å². The van der Waals surface area contributed by atoms with Crippen molar-refractivity contribution in [3.8, 4) is 0 Å². The van der Waals surface area contributed by atoms with Crippen molar-refractivity contribution in [2.45, 2.75) is 58.1 Å². The third-order valence-corrected chi connectivity index (χ3v) is 2.83. The van der Waals surface area contributed by atoms with Crippen LogP contribution >= 0.6 is 0 Å². The second-order valence-corrected chi connectivity index (χ2v) is 4.56. The first-order chi connectivity index (χ1) is 8.10. The van der Waals surface area contributed by atoms with Gasteiger partial charge in [-0.25, -0.2) is 0 Å². The first kappa shape index (κ1) is 13.9. The lowest BCUT2D eigenvalue weighted by molar-refractivity contribution is -0.140. The van der Waals surface area contributed by atoms with Gasteiger partial charge in [0.05, 0.1) is 6.10 Å². The van der Waals surface area contributed by atoms with E-state index in [4.69, 9.17) is 0 Å². The largest absolute Gasteiger partial charge is 0.393 e. The first-order valence-corrected chi connectivity index (χ1v) is 6.33. The van der Waals surface area contributed by atoms with E-state index in [9.17, 15) is 14.7 Å². The zero-order chi connectivity index (χ0) is 12.8. The molecular formula is C13H21NO3. The van der Waals surface area contributed by atoms with Crippen molar-refractivity contribution in [1.29, 1.82) is 0 Å². The summed E-state index contributed by atoms with van der Waals surface area (Å²) in [6.45, 7) is 4.25. The van der Waals surface area contributed by atoms with Crippen LogP contribution in [-0.4, -0.2) is 34.0 Å². The van der Waals surface area contributed by atoms with Gasteiger partial charge in [0.1, 0.15) is 0 Å². The van der Waals surface area contributed by atoms with Crippen LogP contribution in [0.5, 0.6) is 0 Å². The Labute approximate surface area is 102 Å². The monoisotopic (exact) mass is 239 g/mol. The molecule has 0 aromatic rings. The third-order valence-electron chi connectivity index (χ3n) is 2.83. The Bertz CT molecular complexity index is 294. The second-order valence-electron chi connectivity index (χ2n) is 4.56. The molecule has 1 aliphatic carbocycles. The van der Waals surface area contributed by atoms with E-state index in [2.05, 4.69) is 13.8 Å². The highest BCUT2D eigenvalue weighted by molar-refractivity contribution is 6.13. The van der Waals surface area contributed by atoms with Gasteiger partial charge in [-0.3, -0.25) is 14.5 Å². The molecule has 2 unspecified atom stereocenters. The number of carbonyl (C=O) groups excluding carboxylic acids is 2. The number of aliphatic hydroxyl groups excluding tert-OH is 1. The van der Waals surface area contributed by atoms with Crippen LogP contribution < -0.4 is 0 Å². The van der Waals surface area contributed by atoms with Gasteiger partial charge in [0.2, 0.25) is 0 Å². The van der Waals surface area contributed by atoms with Crippen molar-refractivity contribution >= 4 is 11.8 Å². The van der Waals surface area contributed by atoms with E-state index >= 15 is 0 Å². The summed E-state index contributed by atoms with van der Waals surface area (Å²) < 4.78 is 0. The molecule has 1 N–H and O–H groups in total. The Kier molecular flexibility index (Phi) is 5.35. The van der Waals surface area contributed by atoms with Crippen LogP contribution in [0.25, 0.3) is 0 Å². The fourth-order valence-electron chi connectivity index (χ4n) is 2.15. The maximum atomic E-state index is 11.3. The highest BCUT2D eigenvalue weighted by atomic mass is 16.3. The van der Waals surface area contributed by atoms with E-state index in [1.807, 2.05) is 0 Å². The minimum Gasteiger partial charge on any atom is -0.393 e. The summed E-state index contributed by atoms with van der Waals surface area (Å²) in [7, 11) is 0. The molecule has 2 aliphatic rings. The van der Waals surface area contributed by atoms with E-state index in [1.54, 1.807) is 0 Å². The van der Waals surface area contributed by atoms with E-state index in [0.717, 1.165) is 19.3 Å². The number of rotatable bonds is 1. The van der Waals surface area contributed by atoms with Gasteiger partial charge in [-0.05, 0) is 25.7 Å². The average Bonchev–Trinajstić information content (AvgIpc) is 2.60. The van der Waals surface area contributed by atoms with Gasteiger partial charge in [0.25, 0.3) is 11.8 Å². The standard InChI is InChI=1S/C10H13NO3.C3H8/c12-8-3-1-2-7(6-8)11-9(13)4-5-10(11)14;1-3-2/h4-5,7-8,12H,1-3,6H2;3H2,1-2H3. The number of carbonyl (C=O) groups is 2. The molecule has 96 valence electrons. The summed E-state index contributed by atoms with van der Waals surface area (Å²) >= 11 is 0. The molecule has 0 radical (unpaired) electrons. The van der Waals surface area contributed by atoms with Crippen LogP contribution in [0, 0.1) is 0 Å². The Balaban J connectivity index is 0.000000437. The zero-order valence-electron chi connectivity index (χ0n) is 10.6. The van der Waals surface area contributed by atoms with Crippen molar-refractivity contribution in [3.63, 3.8) is 0 Å². The maximum Gasteiger partial charge on any atom is 0.253 e. The lowest BCUT2D eigenvalue weighted by Crippen LogP contribution is -2.43. The van der Waals surface area contributed by atoms with E-state index in [-0.39, 0.29) is 24.0 Å². The molecule has 1 aliphatic heterocycles. The number of nitrogens with zero attached hydrogens (tertiary/aromatic N) is 1. The van der Waals surface area contributed by atoms with Gasteiger partial charge >= 0.3 is 0 Å². The summed E-state index contributed by atoms with van der Waals surface area (Å²) in [5.74, 6) is -0.483. The summed E-state index contributed by atoms with van der Waals surface area (Å²) in [6.07, 6.45) is 6.47. The average molecular weight is 239 g/mol. The Morgan fingerprint density at radius 1 is 1.24 bits per heavy atom. The lowest BCUT2D eigenvalue weighted by atomic mass is 9.92. The molecule has 2 rings (SSSR count). The van der Waals surface area contributed by atoms with Crippen molar-refractivity contribution in [2.75, 3.05) is 0 Å². The molecule has 0 saturated heterocycles. The summed E-state index contributed by atoms with van der Waals surface area (Å²) in [6, 6.07) is -0.103. The van der Waals surface area contributed by atoms with Gasteiger partial charge in [-0.15, -0.1) is 0 Å². The highest BCUT2D eigenvalue weighted by Gasteiger charge is 2.33. The number of hydrogen-bond acceptors (Lipinski definition) is 3. The maximum absolute atomic E-state index is 11.3. The number of hydrogen-bond donors (Lipinski definition) is 1. The van der Waals surface area contributed by atoms with E-state index in [1.165, 1.54) is 23.5 Å². The number of aliphatic hydroxyl groups is 1. The smallest absolute Gasteiger partial charge is 0.253 e. The molecule has 1 saturated carbocycles. The SMILES string of the molecule is CCC.O=C1C=CC(=O)N1C1CCCC(O)C1. The summed E-state index contributed by atoms with van der Waals surface area (Å²) in [5.41, 5.74) is 0. The normalized spacial score (nSPS) is 28.1. The van der Waals surface area contributed by atoms with E-state index < -0.39 is 0 Å². The molecule has 2 atom stereocenters. The molecule has 0 spiro atoms. The number of amides is 2. The van der Waals surface area contributed by atoms with Crippen LogP contribution in [0.4, 0.5) is 0 Å². The fourth-order valence-corrected chi connectivity index (χ4v) is 2.15. The lowest BCUT2D eigenvalue weighted by Gasteiger charge is -2.31. The molecule has 0 aromatic heterocycles. The van der Waals surface area contributed by atoms with Crippen LogP contribution in [-0.2, 0) is 9.59 Å². The Hall–Kier alpha value is -1.16. The Morgan fingerprint density at radius 2 is 1.76 bits per heavy atom. The van der Waals surface area contributed by atoms with Crippen molar-refractivity contribution in [3.05, 3.63) is 12.2 Å². The molecule has 17 heavy (non-hydrogen) atoms. The predicted octanol–water partition coefficient (Wildman–Crippen LogP) is 1.63. The van der Waals surface area contributed by atoms with Crippen molar-refractivity contribution < 1.29 is 14.7 Å². The van der Waals surface area contributed by atoms with Gasteiger partial charge in [0.15, 0.2) is 0 Å². The summed E-state index contributed by atoms with van der Waals surface area (Å²) in [4.78, 5) is 23.9. The Morgan fingerprint density at radius 3 is 2.24 bits per heavy atom. The zero-order valence-corrected chi connectivity index (χ0v) is 10.6. The van der Waals surface area contributed by atoms with Crippen molar-refractivity contribution in [2.24, 2.45) is 0 Å². The first-order valence-electron chi connectivity index (χ1n) is 6.33. The van der Waals surface area contributed by atoms with Gasteiger partial charge in [0, 0.05) is 18.2 Å².